The predicted octanol–water partition coefficient (Wildman–Crippen LogP) is 6.21. The second-order valence-electron chi connectivity index (χ2n) is 8.77. The van der Waals surface area contributed by atoms with Crippen molar-refractivity contribution < 1.29 is 13.2 Å². The van der Waals surface area contributed by atoms with Gasteiger partial charge < -0.3 is 0 Å². The summed E-state index contributed by atoms with van der Waals surface area (Å²) in [4.78, 5) is 4.22. The largest absolute Gasteiger partial charge is 0.417 e. The fourth-order valence-electron chi connectivity index (χ4n) is 5.28. The maximum absolute atomic E-state index is 13.0. The van der Waals surface area contributed by atoms with Gasteiger partial charge in [0.05, 0.1) is 11.3 Å². The molecule has 0 amide bonds. The Balaban J connectivity index is 1.62. The highest BCUT2D eigenvalue weighted by Crippen LogP contribution is 2.42. The van der Waals surface area contributed by atoms with E-state index in [2.05, 4.69) is 60.6 Å². The van der Waals surface area contributed by atoms with Gasteiger partial charge >= 0.3 is 6.18 Å². The normalized spacial score (nSPS) is 15.4. The molecule has 3 aromatic carbocycles. The Hall–Kier alpha value is -3.18. The Bertz CT molecular complexity index is 1430. The fraction of sp³-hybridized carbons (Fsp3) is 0.115. The Morgan fingerprint density at radius 1 is 0.871 bits per heavy atom. The maximum Gasteiger partial charge on any atom is 0.417 e. The number of alkyl halides is 3. The number of pyridine rings is 1. The average Bonchev–Trinajstić information content (AvgIpc) is 3.27. The molecule has 1 aromatic heterocycles. The highest BCUT2D eigenvalue weighted by atomic mass is 28.3. The molecular formula is C26H18F3NSi. The van der Waals surface area contributed by atoms with Crippen LogP contribution in [0.1, 0.15) is 16.7 Å². The smallest absolute Gasteiger partial charge is 0.256 e. The number of hydrogen-bond acceptors (Lipinski definition) is 1. The minimum absolute atomic E-state index is 0.593. The predicted molar refractivity (Wildman–Crippen MR) is 123 cm³/mol. The first-order valence-corrected chi connectivity index (χ1v) is 13.2. The molecule has 0 saturated heterocycles. The Morgan fingerprint density at radius 2 is 1.65 bits per heavy atom. The van der Waals surface area contributed by atoms with E-state index in [1.807, 2.05) is 12.1 Å². The molecule has 0 fully saturated rings. The Labute approximate surface area is 178 Å². The monoisotopic (exact) mass is 429 g/mol. The van der Waals surface area contributed by atoms with E-state index >= 15 is 0 Å². The molecule has 6 rings (SSSR count). The third kappa shape index (κ3) is 2.47. The van der Waals surface area contributed by atoms with Crippen LogP contribution in [0.4, 0.5) is 13.2 Å². The third-order valence-electron chi connectivity index (χ3n) is 6.67. The highest BCUT2D eigenvalue weighted by Gasteiger charge is 2.41. The molecule has 1 aliphatic carbocycles. The van der Waals surface area contributed by atoms with Gasteiger partial charge in [-0.25, -0.2) is 0 Å². The molecule has 1 nitrogen and oxygen atoms in total. The van der Waals surface area contributed by atoms with Crippen LogP contribution in [0.25, 0.3) is 45.3 Å². The zero-order chi connectivity index (χ0) is 21.5. The molecule has 4 aromatic rings. The van der Waals surface area contributed by atoms with Crippen LogP contribution in [-0.4, -0.2) is 13.1 Å². The molecule has 0 atom stereocenters. The number of hydrogen-bond donors (Lipinski definition) is 0. The van der Waals surface area contributed by atoms with Gasteiger partial charge in [0.15, 0.2) is 0 Å². The molecule has 0 bridgehead atoms. The van der Waals surface area contributed by atoms with Crippen molar-refractivity contribution in [3.63, 3.8) is 0 Å². The fourth-order valence-corrected chi connectivity index (χ4v) is 8.73. The van der Waals surface area contributed by atoms with E-state index in [0.29, 0.717) is 5.69 Å². The number of nitrogens with zero attached hydrogens (tertiary/aromatic N) is 1. The lowest BCUT2D eigenvalue weighted by molar-refractivity contribution is -0.137. The van der Waals surface area contributed by atoms with Gasteiger partial charge in [0, 0.05) is 11.8 Å². The summed E-state index contributed by atoms with van der Waals surface area (Å²) >= 11 is 0. The Kier molecular flexibility index (Phi) is 3.56. The topological polar surface area (TPSA) is 12.9 Å². The molecule has 31 heavy (non-hydrogen) atoms. The lowest BCUT2D eigenvalue weighted by Gasteiger charge is -2.22. The van der Waals surface area contributed by atoms with Crippen molar-refractivity contribution in [2.75, 3.05) is 0 Å². The first-order valence-electron chi connectivity index (χ1n) is 10.2. The van der Waals surface area contributed by atoms with Crippen LogP contribution in [-0.2, 0) is 6.18 Å². The van der Waals surface area contributed by atoms with Crippen LogP contribution in [0.3, 0.4) is 0 Å². The summed E-state index contributed by atoms with van der Waals surface area (Å²) in [6.45, 7) is 4.65. The van der Waals surface area contributed by atoms with Crippen molar-refractivity contribution in [2.24, 2.45) is 0 Å². The van der Waals surface area contributed by atoms with Crippen LogP contribution in [0.2, 0.25) is 13.1 Å². The van der Waals surface area contributed by atoms with E-state index in [9.17, 15) is 13.2 Å². The van der Waals surface area contributed by atoms with Gasteiger partial charge in [0.25, 0.3) is 0 Å². The van der Waals surface area contributed by atoms with Crippen molar-refractivity contribution in [3.05, 3.63) is 77.5 Å². The molecule has 5 heteroatoms. The molecule has 0 unspecified atom stereocenters. The quantitative estimate of drug-likeness (QED) is 0.289. The zero-order valence-corrected chi connectivity index (χ0v) is 18.0. The lowest BCUT2D eigenvalue weighted by atomic mass is 9.94. The minimum atomic E-state index is -4.39. The minimum Gasteiger partial charge on any atom is -0.256 e. The molecule has 0 saturated carbocycles. The molecule has 0 N–H and O–H groups in total. The highest BCUT2D eigenvalue weighted by molar-refractivity contribution is 7.04. The lowest BCUT2D eigenvalue weighted by Crippen LogP contribution is -2.50. The number of rotatable bonds is 1. The molecule has 1 aliphatic heterocycles. The summed E-state index contributed by atoms with van der Waals surface area (Å²) in [5, 5.41) is 5.18. The summed E-state index contributed by atoms with van der Waals surface area (Å²) in [6.07, 6.45) is 0.932. The number of halogens is 3. The summed E-state index contributed by atoms with van der Waals surface area (Å²) in [5.41, 5.74) is 5.80. The van der Waals surface area contributed by atoms with E-state index in [0.717, 1.165) is 17.8 Å². The van der Waals surface area contributed by atoms with Gasteiger partial charge in [-0.15, -0.1) is 0 Å². The summed E-state index contributed by atoms with van der Waals surface area (Å²) in [7, 11) is -2.10. The van der Waals surface area contributed by atoms with Crippen LogP contribution in [0.5, 0.6) is 0 Å². The summed E-state index contributed by atoms with van der Waals surface area (Å²) in [6, 6.07) is 17.5. The molecular weight excluding hydrogens is 411 g/mol. The van der Waals surface area contributed by atoms with Gasteiger partial charge in [0.1, 0.15) is 8.07 Å². The second kappa shape index (κ2) is 5.95. The number of aromatic nitrogens is 1. The molecule has 2 aliphatic rings. The summed E-state index contributed by atoms with van der Waals surface area (Å²) in [5.74, 6) is 0. The van der Waals surface area contributed by atoms with Crippen LogP contribution in [0, 0.1) is 0 Å². The van der Waals surface area contributed by atoms with E-state index in [-0.39, 0.29) is 0 Å². The van der Waals surface area contributed by atoms with Crippen molar-refractivity contribution in [3.8, 4) is 22.4 Å². The van der Waals surface area contributed by atoms with Gasteiger partial charge in [0.2, 0.25) is 0 Å². The van der Waals surface area contributed by atoms with Crippen LogP contribution in [0.15, 0.2) is 60.8 Å². The first-order chi connectivity index (χ1) is 14.8. The molecule has 0 spiro atoms. The van der Waals surface area contributed by atoms with Gasteiger partial charge in [-0.05, 0) is 55.5 Å². The standard InChI is InChI=1S/C26H18F3NSi/c1-31(2)22-13-16-6-3-5-15-9-11-19(23(15)16)24(22)20-8-4-7-18(25(20)31)21-12-10-17(14-30-21)26(27,28)29/h3-14H,1-2H3. The van der Waals surface area contributed by atoms with Crippen molar-refractivity contribution >= 4 is 41.4 Å². The van der Waals surface area contributed by atoms with Gasteiger partial charge in [-0.1, -0.05) is 67.7 Å². The summed E-state index contributed by atoms with van der Waals surface area (Å²) < 4.78 is 39.1. The van der Waals surface area contributed by atoms with E-state index < -0.39 is 19.8 Å². The molecule has 2 heterocycles. The maximum atomic E-state index is 13.0. The SMILES string of the molecule is C[Si]1(C)c2cc3cccc4c3c(c2-c2cccc(-c3ccc(C(F)(F)F)cn3)c21)C=C4. The zero-order valence-electron chi connectivity index (χ0n) is 17.0. The third-order valence-corrected chi connectivity index (χ3v) is 10.2. The second-order valence-corrected chi connectivity index (χ2v) is 13.1. The van der Waals surface area contributed by atoms with E-state index in [1.165, 1.54) is 49.5 Å². The average molecular weight is 430 g/mol. The van der Waals surface area contributed by atoms with Gasteiger partial charge in [-0.3, -0.25) is 4.98 Å². The van der Waals surface area contributed by atoms with Gasteiger partial charge in [-0.2, -0.15) is 13.2 Å². The van der Waals surface area contributed by atoms with Crippen molar-refractivity contribution in [1.82, 2.24) is 4.98 Å². The van der Waals surface area contributed by atoms with Crippen LogP contribution < -0.4 is 10.4 Å². The van der Waals surface area contributed by atoms with E-state index in [1.54, 1.807) is 0 Å². The first kappa shape index (κ1) is 18.6. The molecule has 0 radical (unpaired) electrons. The Morgan fingerprint density at radius 3 is 2.39 bits per heavy atom. The number of fused-ring (bicyclic) bond motifs is 4. The van der Waals surface area contributed by atoms with Crippen molar-refractivity contribution in [1.29, 1.82) is 0 Å². The molecule has 152 valence electrons. The van der Waals surface area contributed by atoms with Crippen molar-refractivity contribution in [2.45, 2.75) is 19.3 Å². The number of benzene rings is 3. The van der Waals surface area contributed by atoms with Crippen LogP contribution >= 0.6 is 0 Å². The van der Waals surface area contributed by atoms with E-state index in [4.69, 9.17) is 0 Å².